The van der Waals surface area contributed by atoms with E-state index in [1.807, 2.05) is 12.1 Å². The number of hydrogen-bond acceptors (Lipinski definition) is 7. The summed E-state index contributed by atoms with van der Waals surface area (Å²) in [6, 6.07) is 7.46. The quantitative estimate of drug-likeness (QED) is 0.815. The van der Waals surface area contributed by atoms with Gasteiger partial charge in [0.2, 0.25) is 12.5 Å². The molecule has 7 heteroatoms. The Labute approximate surface area is 161 Å². The fourth-order valence-corrected chi connectivity index (χ4v) is 4.60. The molecule has 2 aromatic rings. The summed E-state index contributed by atoms with van der Waals surface area (Å²) in [5, 5.41) is 10.3. The number of benzene rings is 2. The van der Waals surface area contributed by atoms with Crippen LogP contribution in [0.15, 0.2) is 24.3 Å². The summed E-state index contributed by atoms with van der Waals surface area (Å²) in [4.78, 5) is 12.6. The van der Waals surface area contributed by atoms with Gasteiger partial charge in [0.1, 0.15) is 0 Å². The van der Waals surface area contributed by atoms with Gasteiger partial charge >= 0.3 is 5.97 Å². The maximum absolute atomic E-state index is 12.6. The molecule has 5 rings (SSSR count). The van der Waals surface area contributed by atoms with Crippen molar-refractivity contribution in [2.45, 2.75) is 12.3 Å². The Morgan fingerprint density at radius 2 is 1.68 bits per heavy atom. The molecule has 2 aliphatic heterocycles. The van der Waals surface area contributed by atoms with E-state index < -0.39 is 0 Å². The van der Waals surface area contributed by atoms with Crippen LogP contribution in [0.4, 0.5) is 0 Å². The highest BCUT2D eigenvalue weighted by Crippen LogP contribution is 2.52. The highest BCUT2D eigenvalue weighted by molar-refractivity contribution is 5.78. The predicted molar refractivity (Wildman–Crippen MR) is 97.3 cm³/mol. The third-order valence-electron chi connectivity index (χ3n) is 5.89. The van der Waals surface area contributed by atoms with Crippen molar-refractivity contribution in [3.05, 3.63) is 41.0 Å². The minimum absolute atomic E-state index is 0.0685. The van der Waals surface area contributed by atoms with Gasteiger partial charge in [-0.15, -0.1) is 0 Å². The molecule has 0 radical (unpaired) electrons. The maximum Gasteiger partial charge on any atom is 0.310 e. The second kappa shape index (κ2) is 6.22. The van der Waals surface area contributed by atoms with Crippen molar-refractivity contribution in [3.63, 3.8) is 0 Å². The molecule has 2 aromatic carbocycles. The first-order chi connectivity index (χ1) is 13.6. The molecule has 28 heavy (non-hydrogen) atoms. The average Bonchev–Trinajstić information content (AvgIpc) is 3.31. The van der Waals surface area contributed by atoms with E-state index in [1.165, 1.54) is 14.2 Å². The summed E-state index contributed by atoms with van der Waals surface area (Å²) in [5.74, 6) is 1.22. The standard InChI is InChI=1S/C21H20O7/c1-24-16-5-11(6-17(25-2)20(16)22)18-13-7-15-14(27-9-28-15)4-10(13)3-12-8-26-21(23)19(12)18/h4-7,12,18-19,22H,3,8-9H2,1-2H3/t12?,18-,19+/m1/s1. The van der Waals surface area contributed by atoms with Crippen LogP contribution in [0, 0.1) is 11.8 Å². The highest BCUT2D eigenvalue weighted by Gasteiger charge is 2.48. The second-order valence-corrected chi connectivity index (χ2v) is 7.28. The number of ether oxygens (including phenoxy) is 5. The summed E-state index contributed by atoms with van der Waals surface area (Å²) in [7, 11) is 2.97. The molecule has 1 N–H and O–H groups in total. The van der Waals surface area contributed by atoms with Crippen LogP contribution in [0.5, 0.6) is 28.7 Å². The number of cyclic esters (lactones) is 1. The van der Waals surface area contributed by atoms with E-state index in [-0.39, 0.29) is 36.3 Å². The number of rotatable bonds is 3. The monoisotopic (exact) mass is 384 g/mol. The third-order valence-corrected chi connectivity index (χ3v) is 5.89. The van der Waals surface area contributed by atoms with Gasteiger partial charge in [-0.05, 0) is 47.4 Å². The summed E-state index contributed by atoms with van der Waals surface area (Å²) < 4.78 is 27.2. The Kier molecular flexibility index (Phi) is 3.79. The number of esters is 1. The van der Waals surface area contributed by atoms with E-state index in [0.717, 1.165) is 28.9 Å². The van der Waals surface area contributed by atoms with Crippen molar-refractivity contribution in [2.24, 2.45) is 11.8 Å². The molecule has 146 valence electrons. The van der Waals surface area contributed by atoms with Gasteiger partial charge in [-0.1, -0.05) is 0 Å². The molecule has 0 bridgehead atoms. The first-order valence-electron chi connectivity index (χ1n) is 9.14. The van der Waals surface area contributed by atoms with Crippen molar-refractivity contribution in [3.8, 4) is 28.7 Å². The van der Waals surface area contributed by atoms with Crippen molar-refractivity contribution < 1.29 is 33.6 Å². The smallest absolute Gasteiger partial charge is 0.310 e. The lowest BCUT2D eigenvalue weighted by Crippen LogP contribution is -2.31. The van der Waals surface area contributed by atoms with Gasteiger partial charge in [0.25, 0.3) is 0 Å². The fourth-order valence-electron chi connectivity index (χ4n) is 4.60. The SMILES string of the molecule is COc1cc([C@@H]2c3cc4c(cc3CC3COC(=O)[C@@H]32)OCO4)cc(OC)c1O. The first-order valence-corrected chi connectivity index (χ1v) is 9.14. The fraction of sp³-hybridized carbons (Fsp3) is 0.381. The lowest BCUT2D eigenvalue weighted by Gasteiger charge is -2.33. The Balaban J connectivity index is 1.72. The van der Waals surface area contributed by atoms with E-state index in [1.54, 1.807) is 12.1 Å². The van der Waals surface area contributed by atoms with Crippen LogP contribution in [0.25, 0.3) is 0 Å². The zero-order chi connectivity index (χ0) is 19.4. The zero-order valence-corrected chi connectivity index (χ0v) is 15.6. The van der Waals surface area contributed by atoms with Crippen LogP contribution in [0.3, 0.4) is 0 Å². The molecule has 3 atom stereocenters. The van der Waals surface area contributed by atoms with Gasteiger partial charge in [-0.25, -0.2) is 0 Å². The molecule has 1 unspecified atom stereocenters. The lowest BCUT2D eigenvalue weighted by molar-refractivity contribution is -0.141. The van der Waals surface area contributed by atoms with Gasteiger partial charge in [-0.2, -0.15) is 0 Å². The largest absolute Gasteiger partial charge is 0.502 e. The number of hydrogen-bond donors (Lipinski definition) is 1. The predicted octanol–water partition coefficient (Wildman–Crippen LogP) is 2.62. The van der Waals surface area contributed by atoms with Gasteiger partial charge < -0.3 is 28.8 Å². The van der Waals surface area contributed by atoms with Gasteiger partial charge in [0.05, 0.1) is 26.7 Å². The molecular formula is C21H20O7. The van der Waals surface area contributed by atoms with Gasteiger partial charge in [0.15, 0.2) is 23.0 Å². The molecule has 0 spiro atoms. The van der Waals surface area contributed by atoms with Crippen LogP contribution in [0.1, 0.15) is 22.6 Å². The molecule has 1 aliphatic carbocycles. The van der Waals surface area contributed by atoms with E-state index in [0.29, 0.717) is 23.9 Å². The Morgan fingerprint density at radius 3 is 2.36 bits per heavy atom. The summed E-state index contributed by atoms with van der Waals surface area (Å²) in [5.41, 5.74) is 2.93. The molecule has 1 saturated heterocycles. The summed E-state index contributed by atoms with van der Waals surface area (Å²) >= 11 is 0. The Morgan fingerprint density at radius 1 is 1.00 bits per heavy atom. The number of methoxy groups -OCH3 is 2. The van der Waals surface area contributed by atoms with Crippen molar-refractivity contribution >= 4 is 5.97 Å². The normalized spacial score (nSPS) is 24.4. The maximum atomic E-state index is 12.6. The van der Waals surface area contributed by atoms with Crippen molar-refractivity contribution in [1.29, 1.82) is 0 Å². The number of aromatic hydroxyl groups is 1. The van der Waals surface area contributed by atoms with Crippen LogP contribution in [-0.2, 0) is 16.0 Å². The number of fused-ring (bicyclic) bond motifs is 3. The Hall–Kier alpha value is -3.09. The molecule has 7 nitrogen and oxygen atoms in total. The van der Waals surface area contributed by atoms with E-state index in [4.69, 9.17) is 23.7 Å². The zero-order valence-electron chi connectivity index (χ0n) is 15.6. The molecule has 1 fully saturated rings. The third kappa shape index (κ3) is 2.38. The summed E-state index contributed by atoms with van der Waals surface area (Å²) in [6.45, 7) is 0.596. The molecular weight excluding hydrogens is 364 g/mol. The van der Waals surface area contributed by atoms with E-state index in [9.17, 15) is 9.90 Å². The van der Waals surface area contributed by atoms with Crippen molar-refractivity contribution in [1.82, 2.24) is 0 Å². The molecule has 0 saturated carbocycles. The van der Waals surface area contributed by atoms with E-state index >= 15 is 0 Å². The highest BCUT2D eigenvalue weighted by atomic mass is 16.7. The molecule has 0 aromatic heterocycles. The van der Waals surface area contributed by atoms with Crippen LogP contribution in [-0.4, -0.2) is 38.7 Å². The molecule has 3 aliphatic rings. The lowest BCUT2D eigenvalue weighted by atomic mass is 9.67. The first kappa shape index (κ1) is 17.0. The van der Waals surface area contributed by atoms with Gasteiger partial charge in [-0.3, -0.25) is 4.79 Å². The molecule has 2 heterocycles. The number of phenolic OH excluding ortho intramolecular Hbond substituents is 1. The van der Waals surface area contributed by atoms with Crippen molar-refractivity contribution in [2.75, 3.05) is 27.6 Å². The minimum Gasteiger partial charge on any atom is -0.502 e. The molecule has 0 amide bonds. The van der Waals surface area contributed by atoms with Crippen LogP contribution < -0.4 is 18.9 Å². The average molecular weight is 384 g/mol. The second-order valence-electron chi connectivity index (χ2n) is 7.28. The van der Waals surface area contributed by atoms with E-state index in [2.05, 4.69) is 0 Å². The van der Waals surface area contributed by atoms with Crippen LogP contribution >= 0.6 is 0 Å². The van der Waals surface area contributed by atoms with Gasteiger partial charge in [0, 0.05) is 11.8 Å². The number of carbonyl (C=O) groups excluding carboxylic acids is 1. The van der Waals surface area contributed by atoms with Crippen LogP contribution in [0.2, 0.25) is 0 Å². The number of carbonyl (C=O) groups is 1. The minimum atomic E-state index is -0.313. The Bertz CT molecular complexity index is 942. The number of phenols is 1. The topological polar surface area (TPSA) is 83.5 Å². The summed E-state index contributed by atoms with van der Waals surface area (Å²) in [6.07, 6.45) is 0.741.